The fourth-order valence-electron chi connectivity index (χ4n) is 1.88. The number of aromatic amines is 1. The standard InChI is InChI=1S/C12H21N3/c1-10(15(2)12-5-6-12)8-13-9-11-4-3-7-14-11/h3-4,7,10,12-14H,5-6,8-9H2,1-2H3. The average Bonchev–Trinajstić information content (AvgIpc) is 2.96. The van der Waals surface area contributed by atoms with Gasteiger partial charge in [-0.25, -0.2) is 0 Å². The van der Waals surface area contributed by atoms with Crippen LogP contribution in [0.4, 0.5) is 0 Å². The van der Waals surface area contributed by atoms with E-state index >= 15 is 0 Å². The Labute approximate surface area is 91.9 Å². The molecule has 0 saturated heterocycles. The number of rotatable bonds is 6. The minimum atomic E-state index is 0.632. The van der Waals surface area contributed by atoms with Crippen molar-refractivity contribution in [1.29, 1.82) is 0 Å². The SMILES string of the molecule is CC(CNCc1ccc[nH]1)N(C)C1CC1. The summed E-state index contributed by atoms with van der Waals surface area (Å²) in [7, 11) is 2.23. The zero-order valence-electron chi connectivity index (χ0n) is 9.66. The summed E-state index contributed by atoms with van der Waals surface area (Å²) >= 11 is 0. The van der Waals surface area contributed by atoms with Crippen LogP contribution in [0.2, 0.25) is 0 Å². The van der Waals surface area contributed by atoms with E-state index in [2.05, 4.69) is 35.2 Å². The molecule has 15 heavy (non-hydrogen) atoms. The number of nitrogens with one attached hydrogen (secondary N) is 2. The van der Waals surface area contributed by atoms with E-state index in [9.17, 15) is 0 Å². The quantitative estimate of drug-likeness (QED) is 0.742. The van der Waals surface area contributed by atoms with Crippen LogP contribution >= 0.6 is 0 Å². The van der Waals surface area contributed by atoms with Gasteiger partial charge in [0.2, 0.25) is 0 Å². The highest BCUT2D eigenvalue weighted by molar-refractivity contribution is 5.02. The van der Waals surface area contributed by atoms with Gasteiger partial charge in [0, 0.05) is 37.1 Å². The second-order valence-corrected chi connectivity index (χ2v) is 4.57. The van der Waals surface area contributed by atoms with Gasteiger partial charge in [0.1, 0.15) is 0 Å². The molecule has 0 spiro atoms. The van der Waals surface area contributed by atoms with Crippen LogP contribution in [-0.4, -0.2) is 35.6 Å². The Balaban J connectivity index is 1.64. The van der Waals surface area contributed by atoms with Crippen LogP contribution in [0, 0.1) is 0 Å². The highest BCUT2D eigenvalue weighted by Crippen LogP contribution is 2.26. The first kappa shape index (κ1) is 10.7. The lowest BCUT2D eigenvalue weighted by molar-refractivity contribution is 0.241. The van der Waals surface area contributed by atoms with Gasteiger partial charge in [-0.15, -0.1) is 0 Å². The number of hydrogen-bond donors (Lipinski definition) is 2. The Morgan fingerprint density at radius 1 is 1.60 bits per heavy atom. The summed E-state index contributed by atoms with van der Waals surface area (Å²) < 4.78 is 0. The molecule has 0 aliphatic heterocycles. The Hall–Kier alpha value is -0.800. The van der Waals surface area contributed by atoms with Crippen LogP contribution < -0.4 is 5.32 Å². The molecule has 0 radical (unpaired) electrons. The van der Waals surface area contributed by atoms with E-state index < -0.39 is 0 Å². The van der Waals surface area contributed by atoms with Crippen LogP contribution in [0.1, 0.15) is 25.5 Å². The van der Waals surface area contributed by atoms with E-state index in [0.717, 1.165) is 19.1 Å². The topological polar surface area (TPSA) is 31.1 Å². The molecule has 1 aliphatic carbocycles. The lowest BCUT2D eigenvalue weighted by Crippen LogP contribution is -2.38. The van der Waals surface area contributed by atoms with Crippen molar-refractivity contribution in [1.82, 2.24) is 15.2 Å². The third kappa shape index (κ3) is 3.08. The van der Waals surface area contributed by atoms with Crippen LogP contribution in [0.5, 0.6) is 0 Å². The number of aromatic nitrogens is 1. The largest absolute Gasteiger partial charge is 0.364 e. The highest BCUT2D eigenvalue weighted by Gasteiger charge is 2.28. The fraction of sp³-hybridized carbons (Fsp3) is 0.667. The molecule has 3 heteroatoms. The average molecular weight is 207 g/mol. The smallest absolute Gasteiger partial charge is 0.0357 e. The highest BCUT2D eigenvalue weighted by atomic mass is 15.2. The maximum absolute atomic E-state index is 3.48. The van der Waals surface area contributed by atoms with E-state index in [0.29, 0.717) is 6.04 Å². The van der Waals surface area contributed by atoms with Crippen molar-refractivity contribution in [2.75, 3.05) is 13.6 Å². The normalized spacial score (nSPS) is 18.3. The van der Waals surface area contributed by atoms with E-state index in [1.165, 1.54) is 18.5 Å². The molecule has 1 atom stereocenters. The van der Waals surface area contributed by atoms with Crippen LogP contribution in [0.25, 0.3) is 0 Å². The molecule has 1 aromatic rings. The van der Waals surface area contributed by atoms with Gasteiger partial charge in [-0.05, 0) is 38.9 Å². The predicted octanol–water partition coefficient (Wildman–Crippen LogP) is 1.59. The third-order valence-corrected chi connectivity index (χ3v) is 3.24. The van der Waals surface area contributed by atoms with Crippen LogP contribution in [0.3, 0.4) is 0 Å². The molecule has 1 unspecified atom stereocenters. The molecule has 1 aliphatic rings. The minimum absolute atomic E-state index is 0.632. The van der Waals surface area contributed by atoms with Gasteiger partial charge in [0.15, 0.2) is 0 Å². The van der Waals surface area contributed by atoms with Crippen LogP contribution in [-0.2, 0) is 6.54 Å². The van der Waals surface area contributed by atoms with Crippen molar-refractivity contribution in [3.8, 4) is 0 Å². The number of nitrogens with zero attached hydrogens (tertiary/aromatic N) is 1. The lowest BCUT2D eigenvalue weighted by Gasteiger charge is -2.24. The molecule has 3 nitrogen and oxygen atoms in total. The summed E-state index contributed by atoms with van der Waals surface area (Å²) in [5.74, 6) is 0. The molecule has 2 N–H and O–H groups in total. The summed E-state index contributed by atoms with van der Waals surface area (Å²) in [6.07, 6.45) is 4.74. The van der Waals surface area contributed by atoms with Crippen molar-refractivity contribution in [3.63, 3.8) is 0 Å². The van der Waals surface area contributed by atoms with Crippen molar-refractivity contribution >= 4 is 0 Å². The molecular formula is C12H21N3. The molecule has 1 fully saturated rings. The third-order valence-electron chi connectivity index (χ3n) is 3.24. The van der Waals surface area contributed by atoms with Crippen molar-refractivity contribution < 1.29 is 0 Å². The van der Waals surface area contributed by atoms with Crippen LogP contribution in [0.15, 0.2) is 18.3 Å². The van der Waals surface area contributed by atoms with Crippen molar-refractivity contribution in [2.24, 2.45) is 0 Å². The maximum Gasteiger partial charge on any atom is 0.0357 e. The summed E-state index contributed by atoms with van der Waals surface area (Å²) in [5.41, 5.74) is 1.26. The predicted molar refractivity (Wildman–Crippen MR) is 62.7 cm³/mol. The van der Waals surface area contributed by atoms with E-state index in [-0.39, 0.29) is 0 Å². The van der Waals surface area contributed by atoms with Crippen molar-refractivity contribution in [2.45, 2.75) is 38.4 Å². The number of hydrogen-bond acceptors (Lipinski definition) is 2. The van der Waals surface area contributed by atoms with Gasteiger partial charge in [0.25, 0.3) is 0 Å². The van der Waals surface area contributed by atoms with E-state index in [4.69, 9.17) is 0 Å². The zero-order chi connectivity index (χ0) is 10.7. The van der Waals surface area contributed by atoms with Gasteiger partial charge in [-0.1, -0.05) is 0 Å². The van der Waals surface area contributed by atoms with Gasteiger partial charge in [-0.3, -0.25) is 4.90 Å². The molecule has 2 rings (SSSR count). The molecular weight excluding hydrogens is 186 g/mol. The van der Waals surface area contributed by atoms with Gasteiger partial charge in [0.05, 0.1) is 0 Å². The molecule has 0 aromatic carbocycles. The van der Waals surface area contributed by atoms with Gasteiger partial charge < -0.3 is 10.3 Å². The summed E-state index contributed by atoms with van der Waals surface area (Å²) in [5, 5.41) is 3.48. The minimum Gasteiger partial charge on any atom is -0.364 e. The van der Waals surface area contributed by atoms with Gasteiger partial charge >= 0.3 is 0 Å². The molecule has 1 aromatic heterocycles. The maximum atomic E-state index is 3.48. The Bertz CT molecular complexity index is 277. The van der Waals surface area contributed by atoms with E-state index in [1.54, 1.807) is 0 Å². The zero-order valence-corrected chi connectivity index (χ0v) is 9.66. The summed E-state index contributed by atoms with van der Waals surface area (Å²) in [4.78, 5) is 5.69. The molecule has 84 valence electrons. The van der Waals surface area contributed by atoms with Crippen molar-refractivity contribution in [3.05, 3.63) is 24.0 Å². The Morgan fingerprint density at radius 3 is 3.00 bits per heavy atom. The summed E-state index contributed by atoms with van der Waals surface area (Å²) in [6, 6.07) is 5.64. The second-order valence-electron chi connectivity index (χ2n) is 4.57. The first-order valence-electron chi connectivity index (χ1n) is 5.82. The monoisotopic (exact) mass is 207 g/mol. The Morgan fingerprint density at radius 2 is 2.40 bits per heavy atom. The molecule has 0 amide bonds. The first-order valence-corrected chi connectivity index (χ1v) is 5.82. The molecule has 1 heterocycles. The fourth-order valence-corrected chi connectivity index (χ4v) is 1.88. The number of likely N-dealkylation sites (N-methyl/N-ethyl adjacent to an activating group) is 1. The molecule has 0 bridgehead atoms. The van der Waals surface area contributed by atoms with E-state index in [1.807, 2.05) is 12.3 Å². The first-order chi connectivity index (χ1) is 7.27. The lowest BCUT2D eigenvalue weighted by atomic mass is 10.3. The second kappa shape index (κ2) is 4.81. The molecule has 1 saturated carbocycles. The number of H-pyrrole nitrogens is 1. The Kier molecular flexibility index (Phi) is 3.44. The van der Waals surface area contributed by atoms with Gasteiger partial charge in [-0.2, -0.15) is 0 Å². The summed E-state index contributed by atoms with van der Waals surface area (Å²) in [6.45, 7) is 4.29.